The lowest BCUT2D eigenvalue weighted by molar-refractivity contribution is 0.118. The number of hydrogen-bond donors (Lipinski definition) is 1. The molecule has 0 spiro atoms. The fourth-order valence-corrected chi connectivity index (χ4v) is 1.20. The van der Waals surface area contributed by atoms with Crippen LogP contribution in [0.4, 0.5) is 0 Å². The van der Waals surface area contributed by atoms with E-state index in [1.165, 1.54) is 0 Å². The molecule has 0 atom stereocenters. The summed E-state index contributed by atoms with van der Waals surface area (Å²) in [6, 6.07) is 0. The first-order chi connectivity index (χ1) is 5.41. The van der Waals surface area contributed by atoms with Crippen LogP contribution in [0.3, 0.4) is 0 Å². The van der Waals surface area contributed by atoms with Crippen LogP contribution in [0.2, 0.25) is 0 Å². The van der Waals surface area contributed by atoms with Gasteiger partial charge in [0.1, 0.15) is 0 Å². The fourth-order valence-electron chi connectivity index (χ4n) is 1.20. The second kappa shape index (κ2) is 2.88. The minimum Gasteiger partial charge on any atom is -0.494 e. The first-order valence-corrected chi connectivity index (χ1v) is 4.30. The Balaban J connectivity index is 2.73. The second-order valence-electron chi connectivity index (χ2n) is 4.27. The summed E-state index contributed by atoms with van der Waals surface area (Å²) in [4.78, 5) is 4.00. The largest absolute Gasteiger partial charge is 0.494 e. The van der Waals surface area contributed by atoms with E-state index in [0.717, 1.165) is 13.1 Å². The summed E-state index contributed by atoms with van der Waals surface area (Å²) >= 11 is 0. The third-order valence-corrected chi connectivity index (χ3v) is 2.20. The average molecular weight is 170 g/mol. The molecule has 12 heavy (non-hydrogen) atoms. The van der Waals surface area contributed by atoms with E-state index in [0.29, 0.717) is 5.88 Å². The lowest BCUT2D eigenvalue weighted by Gasteiger charge is -2.39. The Morgan fingerprint density at radius 3 is 2.33 bits per heavy atom. The molecule has 1 aliphatic rings. The van der Waals surface area contributed by atoms with E-state index in [1.807, 2.05) is 18.1 Å². The lowest BCUT2D eigenvalue weighted by atomic mass is 10.1. The molecule has 0 saturated carbocycles. The molecule has 0 aromatic heterocycles. The first-order valence-electron chi connectivity index (χ1n) is 4.30. The van der Waals surface area contributed by atoms with E-state index in [4.69, 9.17) is 0 Å². The maximum absolute atomic E-state index is 9.46. The Bertz CT molecular complexity index is 193. The third-order valence-electron chi connectivity index (χ3n) is 2.20. The minimum absolute atomic E-state index is 0.106. The van der Waals surface area contributed by atoms with Gasteiger partial charge in [-0.2, -0.15) is 0 Å². The number of hydrogen-bond acceptors (Lipinski definition) is 3. The molecule has 70 valence electrons. The van der Waals surface area contributed by atoms with E-state index in [1.54, 1.807) is 0 Å². The summed E-state index contributed by atoms with van der Waals surface area (Å²) in [5, 5.41) is 9.46. The van der Waals surface area contributed by atoms with Gasteiger partial charge in [-0.25, -0.2) is 0 Å². The van der Waals surface area contributed by atoms with Gasteiger partial charge in [0.05, 0.1) is 6.20 Å². The van der Waals surface area contributed by atoms with Crippen molar-refractivity contribution in [2.75, 3.05) is 20.1 Å². The summed E-state index contributed by atoms with van der Waals surface area (Å²) in [6.45, 7) is 8.29. The number of nitrogens with zero attached hydrogens (tertiary/aromatic N) is 2. The Hall–Kier alpha value is -0.860. The molecule has 0 radical (unpaired) electrons. The summed E-state index contributed by atoms with van der Waals surface area (Å²) in [5.74, 6) is 0.358. The first kappa shape index (κ1) is 9.23. The van der Waals surface area contributed by atoms with Crippen molar-refractivity contribution >= 4 is 0 Å². The van der Waals surface area contributed by atoms with Gasteiger partial charge in [0.2, 0.25) is 5.88 Å². The predicted octanol–water partition coefficient (Wildman–Crippen LogP) is 1.39. The van der Waals surface area contributed by atoms with E-state index >= 15 is 0 Å². The third kappa shape index (κ3) is 1.84. The van der Waals surface area contributed by atoms with Crippen molar-refractivity contribution in [1.29, 1.82) is 0 Å². The molecule has 1 N–H and O–H groups in total. The molecule has 3 heteroatoms. The summed E-state index contributed by atoms with van der Waals surface area (Å²) in [5.41, 5.74) is 0.106. The predicted molar refractivity (Wildman–Crippen MR) is 49.8 cm³/mol. The molecule has 1 heterocycles. The minimum atomic E-state index is 0.106. The maximum atomic E-state index is 9.46. The molecule has 0 bridgehead atoms. The van der Waals surface area contributed by atoms with Crippen molar-refractivity contribution < 1.29 is 5.11 Å². The molecule has 0 aromatic rings. The van der Waals surface area contributed by atoms with E-state index in [-0.39, 0.29) is 5.54 Å². The zero-order valence-electron chi connectivity index (χ0n) is 8.33. The highest BCUT2D eigenvalue weighted by Crippen LogP contribution is 2.18. The Morgan fingerprint density at radius 2 is 1.92 bits per heavy atom. The van der Waals surface area contributed by atoms with Crippen LogP contribution in [-0.4, -0.2) is 40.6 Å². The lowest BCUT2D eigenvalue weighted by Crippen LogP contribution is -2.45. The van der Waals surface area contributed by atoms with Gasteiger partial charge in [-0.15, -0.1) is 0 Å². The molecule has 1 aliphatic heterocycles. The van der Waals surface area contributed by atoms with Crippen molar-refractivity contribution in [3.05, 3.63) is 12.1 Å². The van der Waals surface area contributed by atoms with Crippen LogP contribution in [0.1, 0.15) is 20.8 Å². The number of rotatable bonds is 0. The van der Waals surface area contributed by atoms with Crippen LogP contribution in [-0.2, 0) is 0 Å². The van der Waals surface area contributed by atoms with Crippen LogP contribution in [0.25, 0.3) is 0 Å². The monoisotopic (exact) mass is 170 g/mol. The van der Waals surface area contributed by atoms with Gasteiger partial charge in [-0.05, 0) is 20.8 Å². The van der Waals surface area contributed by atoms with Crippen molar-refractivity contribution in [1.82, 2.24) is 9.80 Å². The average Bonchev–Trinajstić information content (AvgIpc) is 1.92. The Morgan fingerprint density at radius 1 is 1.33 bits per heavy atom. The van der Waals surface area contributed by atoms with Gasteiger partial charge in [0, 0.05) is 25.7 Å². The van der Waals surface area contributed by atoms with Crippen molar-refractivity contribution in [3.8, 4) is 0 Å². The standard InChI is InChI=1S/C9H18N2O/c1-9(2,3)11-6-5-10(4)8(12)7-11/h7,12H,5-6H2,1-4H3. The summed E-state index contributed by atoms with van der Waals surface area (Å²) in [6.07, 6.45) is 1.81. The van der Waals surface area contributed by atoms with Crippen LogP contribution in [0.15, 0.2) is 12.1 Å². The molecule has 0 unspecified atom stereocenters. The SMILES string of the molecule is CN1CCN(C(C)(C)C)C=C1O. The molecular weight excluding hydrogens is 152 g/mol. The maximum Gasteiger partial charge on any atom is 0.203 e. The molecule has 0 saturated heterocycles. The number of likely N-dealkylation sites (N-methyl/N-ethyl adjacent to an activating group) is 1. The van der Waals surface area contributed by atoms with Crippen LogP contribution in [0.5, 0.6) is 0 Å². The van der Waals surface area contributed by atoms with Gasteiger partial charge in [0.25, 0.3) is 0 Å². The van der Waals surface area contributed by atoms with Crippen LogP contribution < -0.4 is 0 Å². The molecule has 3 nitrogen and oxygen atoms in total. The fraction of sp³-hybridized carbons (Fsp3) is 0.778. The second-order valence-corrected chi connectivity index (χ2v) is 4.27. The van der Waals surface area contributed by atoms with E-state index in [9.17, 15) is 5.11 Å². The number of aliphatic hydroxyl groups is 1. The smallest absolute Gasteiger partial charge is 0.203 e. The normalized spacial score (nSPS) is 19.5. The Kier molecular flexibility index (Phi) is 2.22. The van der Waals surface area contributed by atoms with E-state index in [2.05, 4.69) is 25.7 Å². The molecular formula is C9H18N2O. The highest BCUT2D eigenvalue weighted by molar-refractivity contribution is 4.98. The highest BCUT2D eigenvalue weighted by atomic mass is 16.3. The summed E-state index contributed by atoms with van der Waals surface area (Å²) in [7, 11) is 1.89. The number of aliphatic hydroxyl groups excluding tert-OH is 1. The Labute approximate surface area is 74.3 Å². The van der Waals surface area contributed by atoms with Crippen LogP contribution in [0, 0.1) is 0 Å². The van der Waals surface area contributed by atoms with Crippen molar-refractivity contribution in [3.63, 3.8) is 0 Å². The van der Waals surface area contributed by atoms with E-state index < -0.39 is 0 Å². The zero-order chi connectivity index (χ0) is 9.35. The van der Waals surface area contributed by atoms with Crippen molar-refractivity contribution in [2.24, 2.45) is 0 Å². The quantitative estimate of drug-likeness (QED) is 0.595. The molecule has 0 aliphatic carbocycles. The molecule has 0 aromatic carbocycles. The van der Waals surface area contributed by atoms with Crippen molar-refractivity contribution in [2.45, 2.75) is 26.3 Å². The molecule has 0 amide bonds. The van der Waals surface area contributed by atoms with Crippen LogP contribution >= 0.6 is 0 Å². The summed E-state index contributed by atoms with van der Waals surface area (Å²) < 4.78 is 0. The molecule has 0 fully saturated rings. The van der Waals surface area contributed by atoms with Gasteiger partial charge >= 0.3 is 0 Å². The molecule has 1 rings (SSSR count). The topological polar surface area (TPSA) is 26.7 Å². The van der Waals surface area contributed by atoms with Gasteiger partial charge < -0.3 is 14.9 Å². The van der Waals surface area contributed by atoms with Gasteiger partial charge in [-0.1, -0.05) is 0 Å². The zero-order valence-corrected chi connectivity index (χ0v) is 8.33. The highest BCUT2D eigenvalue weighted by Gasteiger charge is 2.23. The van der Waals surface area contributed by atoms with Gasteiger partial charge in [-0.3, -0.25) is 0 Å². The van der Waals surface area contributed by atoms with Gasteiger partial charge in [0.15, 0.2) is 0 Å².